The van der Waals surface area contributed by atoms with Crippen molar-refractivity contribution >= 4 is 4.25 Å². The molecule has 0 saturated carbocycles. The van der Waals surface area contributed by atoms with Gasteiger partial charge in [0.15, 0.2) is 0 Å². The van der Waals surface area contributed by atoms with Crippen molar-refractivity contribution in [3.05, 3.63) is 17.8 Å². The third-order valence-electron chi connectivity index (χ3n) is 0.876. The van der Waals surface area contributed by atoms with Crippen LogP contribution in [-0.4, -0.2) is 4.98 Å². The van der Waals surface area contributed by atoms with Crippen LogP contribution < -0.4 is 29.1 Å². The van der Waals surface area contributed by atoms with Crippen molar-refractivity contribution in [1.82, 2.24) is 4.98 Å². The molecule has 0 aliphatic rings. The fourth-order valence-electron chi connectivity index (χ4n) is 0.423. The molecule has 0 radical (unpaired) electrons. The molecule has 1 nitrogen and oxygen atoms in total. The van der Waals surface area contributed by atoms with Gasteiger partial charge in [-0.05, 0) is 0 Å². The molecule has 0 saturated heterocycles. The van der Waals surface area contributed by atoms with Gasteiger partial charge in [0.2, 0.25) is 0 Å². The van der Waals surface area contributed by atoms with Crippen molar-refractivity contribution < 1.29 is 43.4 Å². The monoisotopic (exact) mass is 342 g/mol. The summed E-state index contributed by atoms with van der Waals surface area (Å²) >= 11 is 1.88. The fourth-order valence-corrected chi connectivity index (χ4v) is 0.846. The maximum absolute atomic E-state index is 3.08. The average molecular weight is 341 g/mol. The van der Waals surface area contributed by atoms with Crippen molar-refractivity contribution in [2.75, 3.05) is 0 Å². The van der Waals surface area contributed by atoms with E-state index in [4.69, 9.17) is 0 Å². The molecule has 1 N–H and O–H groups in total. The molecule has 0 unspecified atom stereocenters. The van der Waals surface area contributed by atoms with Gasteiger partial charge in [0.25, 0.3) is 0 Å². The molecule has 0 bridgehead atoms. The smallest absolute Gasteiger partial charge is 1.00 e. The molecule has 1 heterocycles. The summed E-state index contributed by atoms with van der Waals surface area (Å²) in [6, 6.07) is 2.07. The number of H-pyrrole nitrogens is 1. The number of hydrogen-bond acceptors (Lipinski definition) is 0. The van der Waals surface area contributed by atoms with Crippen LogP contribution in [0.5, 0.6) is 0 Å². The van der Waals surface area contributed by atoms with Crippen LogP contribution in [0.1, 0.15) is 5.56 Å². The van der Waals surface area contributed by atoms with Crippen LogP contribution in [-0.2, 0) is 18.6 Å². The average Bonchev–Trinajstić information content (AvgIpc) is 1.91. The van der Waals surface area contributed by atoms with Gasteiger partial charge in [-0.1, -0.05) is 0 Å². The van der Waals surface area contributed by atoms with Crippen molar-refractivity contribution in [2.24, 2.45) is 0 Å². The van der Waals surface area contributed by atoms with E-state index in [9.17, 15) is 0 Å². The van der Waals surface area contributed by atoms with E-state index in [0.717, 1.165) is 0 Å². The van der Waals surface area contributed by atoms with Gasteiger partial charge in [0.1, 0.15) is 0 Å². The number of aromatic amines is 1. The van der Waals surface area contributed by atoms with Crippen molar-refractivity contribution in [3.8, 4) is 0 Å². The molecule has 0 fully saturated rings. The van der Waals surface area contributed by atoms with Crippen LogP contribution >= 0.6 is 0 Å². The second-order valence-corrected chi connectivity index (χ2v) is 2.73. The summed E-state index contributed by atoms with van der Waals surface area (Å²) < 4.78 is 1.29. The Morgan fingerprint density at radius 3 is 2.11 bits per heavy atom. The third-order valence-corrected chi connectivity index (χ3v) is 2.24. The third kappa shape index (κ3) is 3.25. The Morgan fingerprint density at radius 2 is 2.00 bits per heavy atom. The van der Waals surface area contributed by atoms with E-state index in [1.165, 1.54) is 9.81 Å². The number of aromatic nitrogens is 1. The molecule has 0 aliphatic heterocycles. The minimum Gasteiger partial charge on any atom is -1.00 e. The van der Waals surface area contributed by atoms with E-state index in [1.54, 1.807) is 0 Å². The van der Waals surface area contributed by atoms with E-state index in [0.29, 0.717) is 0 Å². The molecule has 1 aromatic rings. The number of nitrogens with one attached hydrogen (secondary N) is 1. The molecule has 1 aromatic heterocycles. The van der Waals surface area contributed by atoms with E-state index in [-0.39, 0.29) is 24.8 Å². The van der Waals surface area contributed by atoms with Crippen molar-refractivity contribution in [3.63, 3.8) is 0 Å². The van der Waals surface area contributed by atoms with Crippen LogP contribution in [0.25, 0.3) is 0 Å². The van der Waals surface area contributed by atoms with Gasteiger partial charge >= 0.3 is 52.6 Å². The molecule has 4 heteroatoms. The van der Waals surface area contributed by atoms with Gasteiger partial charge in [-0.3, -0.25) is 0 Å². The topological polar surface area (TPSA) is 15.8 Å². The zero-order chi connectivity index (χ0) is 5.28. The van der Waals surface area contributed by atoms with Crippen molar-refractivity contribution in [2.45, 2.75) is 6.92 Å². The van der Waals surface area contributed by atoms with E-state index >= 15 is 0 Å². The Kier molecular flexibility index (Phi) is 7.18. The summed E-state index contributed by atoms with van der Waals surface area (Å²) in [7, 11) is 0. The predicted octanol–water partition coefficient (Wildman–Crippen LogP) is -5.50. The first-order chi connectivity index (χ1) is 3.30. The second-order valence-electron chi connectivity index (χ2n) is 1.46. The maximum atomic E-state index is 3.08. The zero-order valence-electron chi connectivity index (χ0n) is 4.76. The number of halogens is 2. The fraction of sp³-hybridized carbons (Fsp3) is 0.200. The standard InChI is InChI=1S/C5H6N.2ClH.Os/c1-5-2-3-6-4-5;;;/h2-3,6H,1H3;2*1H;/q;;;+2/p-2. The van der Waals surface area contributed by atoms with Crippen LogP contribution in [0.3, 0.4) is 0 Å². The molecule has 0 atom stereocenters. The molecular weight excluding hydrogens is 335 g/mol. The number of aryl methyl sites for hydroxylation is 1. The predicted molar refractivity (Wildman–Crippen MR) is 25.2 cm³/mol. The minimum atomic E-state index is 0. The first-order valence-electron chi connectivity index (χ1n) is 2.09. The van der Waals surface area contributed by atoms with Gasteiger partial charge in [-0.25, -0.2) is 0 Å². The van der Waals surface area contributed by atoms with Gasteiger partial charge < -0.3 is 24.8 Å². The van der Waals surface area contributed by atoms with Gasteiger partial charge in [0.05, 0.1) is 0 Å². The van der Waals surface area contributed by atoms with Gasteiger partial charge in [0, 0.05) is 0 Å². The molecule has 9 heavy (non-hydrogen) atoms. The maximum Gasteiger partial charge on any atom is -1.00 e. The van der Waals surface area contributed by atoms with Crippen LogP contribution in [0.4, 0.5) is 0 Å². The second kappa shape index (κ2) is 5.29. The van der Waals surface area contributed by atoms with Gasteiger partial charge in [-0.2, -0.15) is 0 Å². The summed E-state index contributed by atoms with van der Waals surface area (Å²) in [6.45, 7) is 2.10. The summed E-state index contributed by atoms with van der Waals surface area (Å²) in [5.74, 6) is 0. The van der Waals surface area contributed by atoms with Gasteiger partial charge in [-0.15, -0.1) is 0 Å². The molecular formula is C5H6Cl2NOs. The SMILES string of the molecule is Cc1cc[nH][c]1[Os+2].[Cl-].[Cl-]. The Bertz CT molecular complexity index is 147. The number of hydrogen-bond donors (Lipinski definition) is 1. The Balaban J connectivity index is 0. The largest absolute Gasteiger partial charge is 1.00 e. The van der Waals surface area contributed by atoms with Crippen LogP contribution in [0.2, 0.25) is 0 Å². The summed E-state index contributed by atoms with van der Waals surface area (Å²) in [5, 5.41) is 0. The molecule has 1 rings (SSSR count). The van der Waals surface area contributed by atoms with E-state index in [2.05, 4.69) is 18.0 Å². The van der Waals surface area contributed by atoms with E-state index in [1.807, 2.05) is 24.8 Å². The first kappa shape index (κ1) is 12.2. The normalized spacial score (nSPS) is 7.22. The number of rotatable bonds is 0. The molecule has 53 valence electrons. The quantitative estimate of drug-likeness (QED) is 0.485. The first-order valence-corrected chi connectivity index (χ1v) is 3.36. The van der Waals surface area contributed by atoms with Crippen molar-refractivity contribution in [1.29, 1.82) is 0 Å². The molecule has 0 aliphatic carbocycles. The Hall–Kier alpha value is 0.496. The summed E-state index contributed by atoms with van der Waals surface area (Å²) in [5.41, 5.74) is 1.35. The summed E-state index contributed by atoms with van der Waals surface area (Å²) in [4.78, 5) is 3.08. The molecule has 0 amide bonds. The molecule has 0 aromatic carbocycles. The molecule has 0 spiro atoms. The van der Waals surface area contributed by atoms with E-state index < -0.39 is 0 Å². The minimum absolute atomic E-state index is 0. The summed E-state index contributed by atoms with van der Waals surface area (Å²) in [6.07, 6.45) is 1.96. The van der Waals surface area contributed by atoms with Crippen LogP contribution in [0, 0.1) is 6.92 Å². The van der Waals surface area contributed by atoms with Crippen LogP contribution in [0.15, 0.2) is 12.3 Å². The zero-order valence-corrected chi connectivity index (χ0v) is 8.82. The Labute approximate surface area is 77.4 Å². The Morgan fingerprint density at radius 1 is 1.44 bits per heavy atom.